The van der Waals surface area contributed by atoms with E-state index < -0.39 is 0 Å². The minimum Gasteiger partial charge on any atom is -0.465 e. The Labute approximate surface area is 130 Å². The summed E-state index contributed by atoms with van der Waals surface area (Å²) >= 11 is 0. The molecule has 22 heavy (non-hydrogen) atoms. The smallest absolute Gasteiger partial charge is 0.337 e. The zero-order valence-corrected chi connectivity index (χ0v) is 12.9. The van der Waals surface area contributed by atoms with Crippen LogP contribution < -0.4 is 5.32 Å². The van der Waals surface area contributed by atoms with Gasteiger partial charge in [0.15, 0.2) is 5.78 Å². The maximum absolute atomic E-state index is 12.3. The predicted octanol–water partition coefficient (Wildman–Crippen LogP) is 1.86. The molecule has 1 aromatic rings. The topological polar surface area (TPSA) is 72.5 Å². The number of hydrogen-bond donors (Lipinski definition) is 1. The normalized spacial score (nSPS) is 19.5. The first-order valence-corrected chi connectivity index (χ1v) is 7.47. The highest BCUT2D eigenvalue weighted by molar-refractivity contribution is 5.92. The van der Waals surface area contributed by atoms with Crippen LogP contribution in [0.3, 0.4) is 0 Å². The van der Waals surface area contributed by atoms with E-state index in [9.17, 15) is 14.4 Å². The highest BCUT2D eigenvalue weighted by atomic mass is 16.5. The Bertz CT molecular complexity index is 565. The fraction of sp³-hybridized carbons (Fsp3) is 0.471. The molecule has 5 heteroatoms. The minimum absolute atomic E-state index is 0.0398. The molecule has 2 atom stereocenters. The Kier molecular flexibility index (Phi) is 5.44. The molecular weight excluding hydrogens is 282 g/mol. The molecule has 5 nitrogen and oxygen atoms in total. The van der Waals surface area contributed by atoms with Crippen molar-refractivity contribution in [3.63, 3.8) is 0 Å². The minimum atomic E-state index is -0.375. The number of rotatable bonds is 5. The monoisotopic (exact) mass is 303 g/mol. The van der Waals surface area contributed by atoms with Gasteiger partial charge in [-0.2, -0.15) is 0 Å². The summed E-state index contributed by atoms with van der Waals surface area (Å²) in [6.07, 6.45) is 1.18. The van der Waals surface area contributed by atoms with Crippen LogP contribution in [-0.4, -0.2) is 37.2 Å². The summed E-state index contributed by atoms with van der Waals surface area (Å²) in [5.41, 5.74) is 1.48. The number of carbonyl (C=O) groups is 3. The van der Waals surface area contributed by atoms with Crippen molar-refractivity contribution >= 4 is 17.5 Å². The predicted molar refractivity (Wildman–Crippen MR) is 81.9 cm³/mol. The van der Waals surface area contributed by atoms with E-state index in [0.29, 0.717) is 31.4 Å². The maximum Gasteiger partial charge on any atom is 0.337 e. The number of Topliss-reactive ketones (excluding diaryl/α,β-unsaturated/α-hetero) is 2. The average molecular weight is 303 g/mol. The second-order valence-electron chi connectivity index (χ2n) is 5.68. The van der Waals surface area contributed by atoms with Crippen LogP contribution in [0.1, 0.15) is 48.0 Å². The lowest BCUT2D eigenvalue weighted by molar-refractivity contribution is -0.128. The van der Waals surface area contributed by atoms with Crippen LogP contribution in [0, 0.1) is 0 Å². The molecule has 1 saturated heterocycles. The number of carbonyl (C=O) groups excluding carboxylic acids is 3. The van der Waals surface area contributed by atoms with Gasteiger partial charge in [0.05, 0.1) is 18.7 Å². The van der Waals surface area contributed by atoms with E-state index in [0.717, 1.165) is 5.56 Å². The molecule has 1 aromatic carbocycles. The van der Waals surface area contributed by atoms with Crippen molar-refractivity contribution < 1.29 is 19.1 Å². The van der Waals surface area contributed by atoms with Gasteiger partial charge in [-0.25, -0.2) is 4.79 Å². The van der Waals surface area contributed by atoms with E-state index in [1.165, 1.54) is 7.11 Å². The van der Waals surface area contributed by atoms with Crippen molar-refractivity contribution in [2.75, 3.05) is 13.7 Å². The fourth-order valence-corrected chi connectivity index (χ4v) is 2.64. The van der Waals surface area contributed by atoms with Crippen LogP contribution in [0.4, 0.5) is 0 Å². The van der Waals surface area contributed by atoms with Crippen molar-refractivity contribution in [2.45, 2.75) is 38.1 Å². The van der Waals surface area contributed by atoms with E-state index in [-0.39, 0.29) is 29.5 Å². The van der Waals surface area contributed by atoms with Crippen molar-refractivity contribution in [1.82, 2.24) is 5.32 Å². The molecule has 0 aliphatic carbocycles. The summed E-state index contributed by atoms with van der Waals surface area (Å²) in [7, 11) is 1.34. The fourth-order valence-electron chi connectivity index (χ4n) is 2.64. The highest BCUT2D eigenvalue weighted by Crippen LogP contribution is 2.22. The van der Waals surface area contributed by atoms with Gasteiger partial charge in [-0.1, -0.05) is 19.1 Å². The molecular formula is C17H21NO4. The van der Waals surface area contributed by atoms with Gasteiger partial charge in [-0.15, -0.1) is 0 Å². The molecule has 1 heterocycles. The summed E-state index contributed by atoms with van der Waals surface area (Å²) < 4.78 is 4.66. The number of piperidine rings is 1. The number of esters is 1. The summed E-state index contributed by atoms with van der Waals surface area (Å²) in [4.78, 5) is 35.1. The molecule has 0 unspecified atom stereocenters. The Morgan fingerprint density at radius 2 is 2.00 bits per heavy atom. The lowest BCUT2D eigenvalue weighted by atomic mass is 9.90. The number of methoxy groups -OCH3 is 1. The Hall–Kier alpha value is -2.01. The van der Waals surface area contributed by atoms with Crippen molar-refractivity contribution in [3.8, 4) is 0 Å². The Morgan fingerprint density at radius 3 is 2.59 bits per heavy atom. The number of hydrogen-bond acceptors (Lipinski definition) is 5. The van der Waals surface area contributed by atoms with Gasteiger partial charge in [0.1, 0.15) is 5.78 Å². The zero-order valence-electron chi connectivity index (χ0n) is 12.9. The molecule has 118 valence electrons. The summed E-state index contributed by atoms with van der Waals surface area (Å²) in [6.45, 7) is 2.55. The van der Waals surface area contributed by atoms with E-state index in [1.54, 1.807) is 12.1 Å². The number of ketones is 2. The van der Waals surface area contributed by atoms with Crippen LogP contribution >= 0.6 is 0 Å². The molecule has 1 fully saturated rings. The lowest BCUT2D eigenvalue weighted by Gasteiger charge is -2.23. The van der Waals surface area contributed by atoms with Gasteiger partial charge in [0, 0.05) is 25.8 Å². The van der Waals surface area contributed by atoms with E-state index in [2.05, 4.69) is 10.1 Å². The lowest BCUT2D eigenvalue weighted by Crippen LogP contribution is -2.44. The SMILES string of the molecule is COC(=O)c1ccc([C@H](C)CC(=O)[C@H]2CC(=O)CCN2)cc1. The number of ether oxygens (including phenoxy) is 1. The van der Waals surface area contributed by atoms with Gasteiger partial charge < -0.3 is 10.1 Å². The molecule has 0 aromatic heterocycles. The van der Waals surface area contributed by atoms with Crippen LogP contribution in [0.15, 0.2) is 24.3 Å². The second-order valence-corrected chi connectivity index (χ2v) is 5.68. The first-order valence-electron chi connectivity index (χ1n) is 7.47. The number of benzene rings is 1. The van der Waals surface area contributed by atoms with Gasteiger partial charge in [-0.05, 0) is 23.6 Å². The summed E-state index contributed by atoms with van der Waals surface area (Å²) in [5.74, 6) is -0.122. The van der Waals surface area contributed by atoms with Crippen LogP contribution in [0.2, 0.25) is 0 Å². The van der Waals surface area contributed by atoms with E-state index >= 15 is 0 Å². The average Bonchev–Trinajstić information content (AvgIpc) is 2.54. The van der Waals surface area contributed by atoms with Gasteiger partial charge in [0.25, 0.3) is 0 Å². The third kappa shape index (κ3) is 4.01. The van der Waals surface area contributed by atoms with Gasteiger partial charge in [0.2, 0.25) is 0 Å². The molecule has 0 spiro atoms. The van der Waals surface area contributed by atoms with Crippen LogP contribution in [0.5, 0.6) is 0 Å². The zero-order chi connectivity index (χ0) is 16.1. The largest absolute Gasteiger partial charge is 0.465 e. The van der Waals surface area contributed by atoms with Crippen LogP contribution in [-0.2, 0) is 14.3 Å². The van der Waals surface area contributed by atoms with E-state index in [1.807, 2.05) is 19.1 Å². The van der Waals surface area contributed by atoms with Crippen molar-refractivity contribution in [1.29, 1.82) is 0 Å². The summed E-state index contributed by atoms with van der Waals surface area (Å²) in [6, 6.07) is 6.72. The van der Waals surface area contributed by atoms with E-state index in [4.69, 9.17) is 0 Å². The molecule has 0 saturated carbocycles. The summed E-state index contributed by atoms with van der Waals surface area (Å²) in [5, 5.41) is 3.11. The molecule has 0 radical (unpaired) electrons. The maximum atomic E-state index is 12.3. The molecule has 2 rings (SSSR count). The molecule has 1 aliphatic heterocycles. The Morgan fingerprint density at radius 1 is 1.32 bits per heavy atom. The van der Waals surface area contributed by atoms with Gasteiger partial charge in [-0.3, -0.25) is 9.59 Å². The highest BCUT2D eigenvalue weighted by Gasteiger charge is 2.26. The van der Waals surface area contributed by atoms with Crippen molar-refractivity contribution in [3.05, 3.63) is 35.4 Å². The molecule has 0 bridgehead atoms. The second kappa shape index (κ2) is 7.31. The van der Waals surface area contributed by atoms with Crippen LogP contribution in [0.25, 0.3) is 0 Å². The Balaban J connectivity index is 1.96. The van der Waals surface area contributed by atoms with Gasteiger partial charge >= 0.3 is 5.97 Å². The molecule has 1 aliphatic rings. The third-order valence-corrected chi connectivity index (χ3v) is 4.02. The van der Waals surface area contributed by atoms with Crippen molar-refractivity contribution in [2.24, 2.45) is 0 Å². The first kappa shape index (κ1) is 16.4. The standard InChI is InChI=1S/C17H21NO4/c1-11(9-16(20)15-10-14(19)7-8-18-15)12-3-5-13(6-4-12)17(21)22-2/h3-6,11,15,18H,7-10H2,1-2H3/t11-,15-/m1/s1. The third-order valence-electron chi connectivity index (χ3n) is 4.02. The first-order chi connectivity index (χ1) is 10.5. The number of nitrogens with one attached hydrogen (secondary N) is 1. The molecule has 0 amide bonds. The molecule has 1 N–H and O–H groups in total. The quantitative estimate of drug-likeness (QED) is 0.841.